The van der Waals surface area contributed by atoms with Crippen LogP contribution in [0.15, 0.2) is 108 Å². The Morgan fingerprint density at radius 1 is 0.959 bits per heavy atom. The lowest BCUT2D eigenvalue weighted by Crippen LogP contribution is -2.25. The largest absolute Gasteiger partial charge is 0.507 e. The molecule has 1 atom stereocenters. The SMILES string of the molecule is Cc1cc(C(=O)Nc2n[nH]c3ccc(Br)cc23)c(O)cc1-c1ccc2c(c1)C(C)(C)C(c1c[nH]c3cc(OCc4ccccc4)ccc13)N2. The molecule has 49 heavy (non-hydrogen) atoms. The van der Waals surface area contributed by atoms with Crippen molar-refractivity contribution in [2.45, 2.75) is 38.8 Å². The Morgan fingerprint density at radius 3 is 2.63 bits per heavy atom. The Bertz CT molecular complexity index is 2400. The van der Waals surface area contributed by atoms with Crippen molar-refractivity contribution < 1.29 is 14.6 Å². The summed E-state index contributed by atoms with van der Waals surface area (Å²) in [7, 11) is 0. The number of amides is 1. The highest BCUT2D eigenvalue weighted by molar-refractivity contribution is 9.10. The van der Waals surface area contributed by atoms with Gasteiger partial charge in [0.1, 0.15) is 18.1 Å². The third-order valence-electron chi connectivity index (χ3n) is 9.63. The van der Waals surface area contributed by atoms with Gasteiger partial charge < -0.3 is 25.5 Å². The molecular formula is C40H34BrN5O3. The van der Waals surface area contributed by atoms with Crippen LogP contribution in [0.2, 0.25) is 0 Å². The summed E-state index contributed by atoms with van der Waals surface area (Å²) in [6.07, 6.45) is 2.09. The molecule has 1 aliphatic rings. The van der Waals surface area contributed by atoms with Crippen LogP contribution in [0.5, 0.6) is 11.5 Å². The molecule has 7 aromatic rings. The van der Waals surface area contributed by atoms with Crippen LogP contribution in [-0.4, -0.2) is 26.2 Å². The second-order valence-corrected chi connectivity index (χ2v) is 14.1. The molecule has 1 aliphatic heterocycles. The number of nitrogens with one attached hydrogen (secondary N) is 4. The maximum Gasteiger partial charge on any atom is 0.260 e. The Labute approximate surface area is 291 Å². The number of fused-ring (bicyclic) bond motifs is 3. The predicted molar refractivity (Wildman–Crippen MR) is 198 cm³/mol. The van der Waals surface area contributed by atoms with Gasteiger partial charge in [-0.25, -0.2) is 0 Å². The summed E-state index contributed by atoms with van der Waals surface area (Å²) in [4.78, 5) is 16.8. The Kier molecular flexibility index (Phi) is 7.45. The molecule has 0 fully saturated rings. The van der Waals surface area contributed by atoms with Crippen LogP contribution < -0.4 is 15.4 Å². The molecule has 9 heteroatoms. The van der Waals surface area contributed by atoms with Gasteiger partial charge in [0.2, 0.25) is 0 Å². The first-order chi connectivity index (χ1) is 23.7. The van der Waals surface area contributed by atoms with E-state index in [2.05, 4.69) is 104 Å². The van der Waals surface area contributed by atoms with Gasteiger partial charge in [-0.3, -0.25) is 9.89 Å². The first-order valence-corrected chi connectivity index (χ1v) is 16.9. The molecule has 0 aliphatic carbocycles. The third kappa shape index (κ3) is 5.50. The number of aromatic hydroxyl groups is 1. The summed E-state index contributed by atoms with van der Waals surface area (Å²) >= 11 is 3.47. The molecule has 0 radical (unpaired) electrons. The van der Waals surface area contributed by atoms with E-state index in [1.54, 1.807) is 12.1 Å². The number of ether oxygens (including phenoxy) is 1. The van der Waals surface area contributed by atoms with E-state index in [0.717, 1.165) is 60.0 Å². The van der Waals surface area contributed by atoms with E-state index in [-0.39, 0.29) is 22.8 Å². The average Bonchev–Trinajstić information content (AvgIpc) is 3.77. The van der Waals surface area contributed by atoms with Gasteiger partial charge >= 0.3 is 0 Å². The van der Waals surface area contributed by atoms with Gasteiger partial charge in [0.25, 0.3) is 5.91 Å². The van der Waals surface area contributed by atoms with Crippen LogP contribution in [0.25, 0.3) is 32.9 Å². The number of nitrogens with zero attached hydrogens (tertiary/aromatic N) is 1. The van der Waals surface area contributed by atoms with E-state index in [0.29, 0.717) is 12.4 Å². The highest BCUT2D eigenvalue weighted by Gasteiger charge is 2.41. The number of benzene rings is 5. The normalized spacial score (nSPS) is 14.9. The maximum absolute atomic E-state index is 13.3. The zero-order valence-corrected chi connectivity index (χ0v) is 28.8. The number of aromatic nitrogens is 3. The molecular weight excluding hydrogens is 678 g/mol. The number of rotatable bonds is 7. The minimum atomic E-state index is -0.434. The number of hydrogen-bond donors (Lipinski definition) is 5. The van der Waals surface area contributed by atoms with E-state index >= 15 is 0 Å². The molecule has 3 heterocycles. The van der Waals surface area contributed by atoms with E-state index in [1.165, 1.54) is 11.1 Å². The lowest BCUT2D eigenvalue weighted by Gasteiger charge is -2.28. The van der Waals surface area contributed by atoms with Gasteiger partial charge in [-0.15, -0.1) is 0 Å². The molecule has 8 rings (SSSR count). The second-order valence-electron chi connectivity index (χ2n) is 13.2. The van der Waals surface area contributed by atoms with E-state index in [4.69, 9.17) is 4.74 Å². The maximum atomic E-state index is 13.3. The zero-order valence-electron chi connectivity index (χ0n) is 27.2. The van der Waals surface area contributed by atoms with Gasteiger partial charge in [0.05, 0.1) is 17.1 Å². The lowest BCUT2D eigenvalue weighted by atomic mass is 9.77. The quantitative estimate of drug-likeness (QED) is 0.113. The van der Waals surface area contributed by atoms with Crippen LogP contribution >= 0.6 is 15.9 Å². The molecule has 0 spiro atoms. The monoisotopic (exact) mass is 711 g/mol. The molecule has 1 unspecified atom stereocenters. The standard InChI is InChI=1S/C40H34BrN5O3/c1-22-15-30(39(48)44-38-29-17-25(41)10-14-33(29)45-46-38)36(47)19-28(22)24-9-13-34-32(16-24)40(2,3)37(43-34)31-20-42-35-18-26(11-12-27(31)35)49-21-23-7-5-4-6-8-23/h4-20,37,42-43,47H,21H2,1-3H3,(H2,44,45,46,48). The Hall–Kier alpha value is -5.54. The molecule has 244 valence electrons. The van der Waals surface area contributed by atoms with Gasteiger partial charge in [-0.05, 0) is 89.3 Å². The van der Waals surface area contributed by atoms with Crippen LogP contribution in [0.3, 0.4) is 0 Å². The van der Waals surface area contributed by atoms with Gasteiger partial charge in [0, 0.05) is 49.7 Å². The molecule has 5 aromatic carbocycles. The molecule has 0 bridgehead atoms. The van der Waals surface area contributed by atoms with Crippen LogP contribution in [0, 0.1) is 6.92 Å². The first kappa shape index (κ1) is 30.8. The number of anilines is 2. The summed E-state index contributed by atoms with van der Waals surface area (Å²) in [5.41, 5.74) is 9.04. The topological polar surface area (TPSA) is 115 Å². The van der Waals surface area contributed by atoms with E-state index in [9.17, 15) is 9.90 Å². The van der Waals surface area contributed by atoms with Crippen molar-refractivity contribution in [1.29, 1.82) is 0 Å². The number of phenolic OH excluding ortho intramolecular Hbond substituents is 1. The molecule has 8 nitrogen and oxygen atoms in total. The van der Waals surface area contributed by atoms with Crippen molar-refractivity contribution in [2.75, 3.05) is 10.6 Å². The van der Waals surface area contributed by atoms with Crippen LogP contribution in [0.1, 0.15) is 52.5 Å². The van der Waals surface area contributed by atoms with Crippen molar-refractivity contribution in [3.63, 3.8) is 0 Å². The fourth-order valence-corrected chi connectivity index (χ4v) is 7.33. The number of H-pyrrole nitrogens is 2. The molecule has 1 amide bonds. The highest BCUT2D eigenvalue weighted by Crippen LogP contribution is 2.51. The lowest BCUT2D eigenvalue weighted by molar-refractivity contribution is 0.102. The Morgan fingerprint density at radius 2 is 1.80 bits per heavy atom. The Balaban J connectivity index is 1.04. The third-order valence-corrected chi connectivity index (χ3v) is 10.1. The predicted octanol–water partition coefficient (Wildman–Crippen LogP) is 9.76. The fourth-order valence-electron chi connectivity index (χ4n) is 6.97. The minimum absolute atomic E-state index is 0.0295. The first-order valence-electron chi connectivity index (χ1n) is 16.1. The number of aromatic amines is 2. The van der Waals surface area contributed by atoms with Gasteiger partial charge in [-0.2, -0.15) is 5.10 Å². The molecule has 5 N–H and O–H groups in total. The van der Waals surface area contributed by atoms with Crippen molar-refractivity contribution in [3.05, 3.63) is 136 Å². The number of phenols is 1. The number of carbonyl (C=O) groups is 1. The van der Waals surface area contributed by atoms with Crippen LogP contribution in [0.4, 0.5) is 11.5 Å². The molecule has 0 saturated carbocycles. The fraction of sp³-hybridized carbons (Fsp3) is 0.150. The van der Waals surface area contributed by atoms with Crippen molar-refractivity contribution >= 4 is 55.1 Å². The van der Waals surface area contributed by atoms with E-state index < -0.39 is 5.91 Å². The summed E-state index contributed by atoms with van der Waals surface area (Å²) in [5, 5.41) is 26.8. The zero-order chi connectivity index (χ0) is 33.9. The number of aryl methyl sites for hydroxylation is 1. The molecule has 0 saturated heterocycles. The van der Waals surface area contributed by atoms with Crippen LogP contribution in [-0.2, 0) is 12.0 Å². The highest BCUT2D eigenvalue weighted by atomic mass is 79.9. The van der Waals surface area contributed by atoms with Crippen molar-refractivity contribution in [2.24, 2.45) is 0 Å². The average molecular weight is 713 g/mol. The van der Waals surface area contributed by atoms with Crippen molar-refractivity contribution in [3.8, 4) is 22.6 Å². The molecule has 2 aromatic heterocycles. The number of halogens is 1. The minimum Gasteiger partial charge on any atom is -0.507 e. The van der Waals surface area contributed by atoms with Crippen molar-refractivity contribution in [1.82, 2.24) is 15.2 Å². The van der Waals surface area contributed by atoms with E-state index in [1.807, 2.05) is 49.4 Å². The summed E-state index contributed by atoms with van der Waals surface area (Å²) < 4.78 is 6.96. The van der Waals surface area contributed by atoms with Gasteiger partial charge in [0.15, 0.2) is 5.82 Å². The summed E-state index contributed by atoms with van der Waals surface area (Å²) in [6.45, 7) is 6.98. The summed E-state index contributed by atoms with van der Waals surface area (Å²) in [6, 6.07) is 31.8. The number of hydrogen-bond acceptors (Lipinski definition) is 5. The second kappa shape index (κ2) is 11.9. The smallest absolute Gasteiger partial charge is 0.260 e. The van der Waals surface area contributed by atoms with Gasteiger partial charge in [-0.1, -0.05) is 66.2 Å². The number of carbonyl (C=O) groups excluding carboxylic acids is 1. The summed E-state index contributed by atoms with van der Waals surface area (Å²) in [5.74, 6) is 0.691.